The number of rotatable bonds is 56. The molecule has 0 radical (unpaired) electrons. The molecule has 6 nitrogen and oxygen atoms in total. The Bertz CT molecular complexity index is 1520. The normalized spacial score (nSPS) is 12.8. The zero-order valence-corrected chi connectivity index (χ0v) is 49.0. The molecule has 0 fully saturated rings. The summed E-state index contributed by atoms with van der Waals surface area (Å²) in [7, 11) is 0. The lowest BCUT2D eigenvalue weighted by Crippen LogP contribution is -2.30. The van der Waals surface area contributed by atoms with Crippen LogP contribution in [0, 0.1) is 0 Å². The molecule has 0 rings (SSSR count). The second-order valence-corrected chi connectivity index (χ2v) is 20.5. The Morgan fingerprint density at radius 1 is 0.280 bits per heavy atom. The summed E-state index contributed by atoms with van der Waals surface area (Å²) in [6.07, 6.45) is 85.1. The molecule has 1 atom stereocenters. The number of carbonyl (C=O) groups excluding carboxylic acids is 3. The molecule has 0 saturated carbocycles. The number of esters is 3. The first kappa shape index (κ1) is 71.1. The standard InChI is InChI=1S/C69H116O6/c1-4-7-10-13-16-19-22-25-28-31-34-37-40-43-46-49-52-55-58-61-67(70)73-64-66(75-69(72)63-60-57-54-51-48-45-42-39-36-33-30-27-24-21-18-15-12-9-6-3)65-74-68(71)62-59-56-53-50-47-44-41-38-35-32-29-26-23-20-17-14-11-8-5-2/h7,9-10,12,16,18-19,21,25-30,34,36-37,39,66H,4-6,8,11,13-15,17,20,22-24,31-33,35,38,40-65H2,1-3H3/b10-7-,12-9-,19-16-,21-18-,28-25-,29-26-,30-27-,37-34-,39-36-. The largest absolute Gasteiger partial charge is 0.462 e. The number of allylic oxidation sites excluding steroid dienone is 18. The number of unbranched alkanes of at least 4 members (excludes halogenated alkanes) is 27. The van der Waals surface area contributed by atoms with Gasteiger partial charge < -0.3 is 14.2 Å². The zero-order valence-electron chi connectivity index (χ0n) is 49.0. The molecular formula is C69H116O6. The number of carbonyl (C=O) groups is 3. The highest BCUT2D eigenvalue weighted by Gasteiger charge is 2.19. The van der Waals surface area contributed by atoms with Crippen molar-refractivity contribution in [3.8, 4) is 0 Å². The maximum absolute atomic E-state index is 12.9. The van der Waals surface area contributed by atoms with Gasteiger partial charge in [0, 0.05) is 19.3 Å². The molecule has 0 aromatic rings. The Balaban J connectivity index is 4.45. The molecule has 0 spiro atoms. The molecule has 0 bridgehead atoms. The third-order valence-corrected chi connectivity index (χ3v) is 13.2. The minimum absolute atomic E-state index is 0.0903. The molecule has 6 heteroatoms. The van der Waals surface area contributed by atoms with Crippen LogP contribution < -0.4 is 0 Å². The fraction of sp³-hybridized carbons (Fsp3) is 0.696. The molecule has 0 aromatic heterocycles. The zero-order chi connectivity index (χ0) is 54.3. The predicted molar refractivity (Wildman–Crippen MR) is 325 cm³/mol. The molecule has 0 N–H and O–H groups in total. The van der Waals surface area contributed by atoms with E-state index in [2.05, 4.69) is 130 Å². The molecule has 428 valence electrons. The van der Waals surface area contributed by atoms with Crippen molar-refractivity contribution in [3.05, 3.63) is 109 Å². The first-order chi connectivity index (χ1) is 37.0. The molecule has 0 aliphatic heterocycles. The van der Waals surface area contributed by atoms with Crippen molar-refractivity contribution in [2.45, 2.75) is 297 Å². The van der Waals surface area contributed by atoms with Crippen molar-refractivity contribution < 1.29 is 28.6 Å². The summed E-state index contributed by atoms with van der Waals surface area (Å²) in [6, 6.07) is 0. The molecular weight excluding hydrogens is 925 g/mol. The summed E-state index contributed by atoms with van der Waals surface area (Å²) >= 11 is 0. The topological polar surface area (TPSA) is 78.9 Å². The second kappa shape index (κ2) is 62.6. The Hall–Kier alpha value is -3.93. The summed E-state index contributed by atoms with van der Waals surface area (Å²) in [6.45, 7) is 6.41. The van der Waals surface area contributed by atoms with Crippen molar-refractivity contribution >= 4 is 17.9 Å². The van der Waals surface area contributed by atoms with E-state index in [1.54, 1.807) is 0 Å². The van der Waals surface area contributed by atoms with Gasteiger partial charge in [0.15, 0.2) is 6.10 Å². The van der Waals surface area contributed by atoms with Gasteiger partial charge in [-0.2, -0.15) is 0 Å². The Kier molecular flexibility index (Phi) is 59.3. The lowest BCUT2D eigenvalue weighted by molar-refractivity contribution is -0.167. The van der Waals surface area contributed by atoms with Crippen LogP contribution in [0.4, 0.5) is 0 Å². The summed E-state index contributed by atoms with van der Waals surface area (Å²) in [5.74, 6) is -0.914. The first-order valence-electron chi connectivity index (χ1n) is 31.4. The molecule has 1 unspecified atom stereocenters. The molecule has 75 heavy (non-hydrogen) atoms. The average Bonchev–Trinajstić information content (AvgIpc) is 3.41. The van der Waals surface area contributed by atoms with Gasteiger partial charge in [-0.15, -0.1) is 0 Å². The van der Waals surface area contributed by atoms with Gasteiger partial charge in [-0.1, -0.05) is 259 Å². The van der Waals surface area contributed by atoms with E-state index in [1.807, 2.05) is 0 Å². The van der Waals surface area contributed by atoms with Gasteiger partial charge in [0.1, 0.15) is 13.2 Å². The van der Waals surface area contributed by atoms with Crippen LogP contribution in [0.25, 0.3) is 0 Å². The Morgan fingerprint density at radius 3 is 0.827 bits per heavy atom. The van der Waals surface area contributed by atoms with Gasteiger partial charge in [0.25, 0.3) is 0 Å². The highest BCUT2D eigenvalue weighted by molar-refractivity contribution is 5.71. The molecule has 0 aromatic carbocycles. The van der Waals surface area contributed by atoms with Gasteiger partial charge in [-0.05, 0) is 122 Å². The molecule has 0 amide bonds. The number of hydrogen-bond acceptors (Lipinski definition) is 6. The van der Waals surface area contributed by atoms with E-state index >= 15 is 0 Å². The predicted octanol–water partition coefficient (Wildman–Crippen LogP) is 21.4. The van der Waals surface area contributed by atoms with Crippen LogP contribution in [-0.4, -0.2) is 37.2 Å². The highest BCUT2D eigenvalue weighted by atomic mass is 16.6. The summed E-state index contributed by atoms with van der Waals surface area (Å²) in [5.41, 5.74) is 0. The van der Waals surface area contributed by atoms with Gasteiger partial charge >= 0.3 is 17.9 Å². The second-order valence-electron chi connectivity index (χ2n) is 20.5. The third-order valence-electron chi connectivity index (χ3n) is 13.2. The van der Waals surface area contributed by atoms with Crippen LogP contribution in [0.5, 0.6) is 0 Å². The maximum Gasteiger partial charge on any atom is 0.306 e. The number of hydrogen-bond donors (Lipinski definition) is 0. The number of ether oxygens (including phenoxy) is 3. The van der Waals surface area contributed by atoms with Gasteiger partial charge in [-0.3, -0.25) is 14.4 Å². The van der Waals surface area contributed by atoms with E-state index in [1.165, 1.54) is 116 Å². The smallest absolute Gasteiger partial charge is 0.306 e. The maximum atomic E-state index is 12.9. The summed E-state index contributed by atoms with van der Waals surface area (Å²) in [5, 5.41) is 0. The third kappa shape index (κ3) is 60.8. The highest BCUT2D eigenvalue weighted by Crippen LogP contribution is 2.15. The van der Waals surface area contributed by atoms with Crippen molar-refractivity contribution in [1.82, 2.24) is 0 Å². The Labute approximate surface area is 463 Å². The quantitative estimate of drug-likeness (QED) is 0.0261. The lowest BCUT2D eigenvalue weighted by Gasteiger charge is -2.18. The molecule has 0 heterocycles. The van der Waals surface area contributed by atoms with Gasteiger partial charge in [0.2, 0.25) is 0 Å². The lowest BCUT2D eigenvalue weighted by atomic mass is 10.1. The average molecular weight is 1040 g/mol. The van der Waals surface area contributed by atoms with E-state index in [0.717, 1.165) is 135 Å². The fourth-order valence-electron chi connectivity index (χ4n) is 8.60. The minimum atomic E-state index is -0.796. The molecule has 0 aliphatic carbocycles. The van der Waals surface area contributed by atoms with Crippen molar-refractivity contribution in [2.75, 3.05) is 13.2 Å². The Morgan fingerprint density at radius 2 is 0.520 bits per heavy atom. The fourth-order valence-corrected chi connectivity index (χ4v) is 8.60. The van der Waals surface area contributed by atoms with Crippen molar-refractivity contribution in [1.29, 1.82) is 0 Å². The van der Waals surface area contributed by atoms with Crippen LogP contribution in [-0.2, 0) is 28.6 Å². The van der Waals surface area contributed by atoms with E-state index in [0.29, 0.717) is 19.3 Å². The van der Waals surface area contributed by atoms with Crippen LogP contribution >= 0.6 is 0 Å². The van der Waals surface area contributed by atoms with Gasteiger partial charge in [0.05, 0.1) is 0 Å². The van der Waals surface area contributed by atoms with E-state index in [-0.39, 0.29) is 31.1 Å². The van der Waals surface area contributed by atoms with Crippen molar-refractivity contribution in [2.24, 2.45) is 0 Å². The SMILES string of the molecule is CC/C=C\C/C=C\C/C=C\C/C=C\CCCCCCCCC(=O)OCC(COC(=O)CCCCCCCCCCC/C=C\CCCCCCCC)OC(=O)CCCCCCCC/C=C\C/C=C\C/C=C\C/C=C\CC. The molecule has 0 saturated heterocycles. The van der Waals surface area contributed by atoms with E-state index < -0.39 is 6.10 Å². The minimum Gasteiger partial charge on any atom is -0.462 e. The van der Waals surface area contributed by atoms with Crippen LogP contribution in [0.2, 0.25) is 0 Å². The molecule has 0 aliphatic rings. The van der Waals surface area contributed by atoms with Crippen molar-refractivity contribution in [3.63, 3.8) is 0 Å². The first-order valence-corrected chi connectivity index (χ1v) is 31.4. The summed E-state index contributed by atoms with van der Waals surface area (Å²) in [4.78, 5) is 38.3. The van der Waals surface area contributed by atoms with Crippen LogP contribution in [0.15, 0.2) is 109 Å². The summed E-state index contributed by atoms with van der Waals surface area (Å²) < 4.78 is 16.9. The van der Waals surface area contributed by atoms with Crippen LogP contribution in [0.1, 0.15) is 290 Å². The monoisotopic (exact) mass is 1040 g/mol. The van der Waals surface area contributed by atoms with Gasteiger partial charge in [-0.25, -0.2) is 0 Å². The van der Waals surface area contributed by atoms with E-state index in [4.69, 9.17) is 14.2 Å². The van der Waals surface area contributed by atoms with Crippen LogP contribution in [0.3, 0.4) is 0 Å². The van der Waals surface area contributed by atoms with E-state index in [9.17, 15) is 14.4 Å².